The van der Waals surface area contributed by atoms with E-state index in [0.717, 1.165) is 38.0 Å². The zero-order valence-corrected chi connectivity index (χ0v) is 12.3. The van der Waals surface area contributed by atoms with Crippen LogP contribution in [0.25, 0.3) is 0 Å². The highest BCUT2D eigenvalue weighted by atomic mass is 35.5. The van der Waals surface area contributed by atoms with E-state index in [1.165, 1.54) is 12.8 Å². The van der Waals surface area contributed by atoms with Crippen LogP contribution in [0, 0.1) is 5.92 Å². The molecule has 19 heavy (non-hydrogen) atoms. The summed E-state index contributed by atoms with van der Waals surface area (Å²) in [5, 5.41) is 0.643. The zero-order valence-electron chi connectivity index (χ0n) is 11.6. The molecule has 1 unspecified atom stereocenters. The minimum atomic E-state index is 0.143. The van der Waals surface area contributed by atoms with Crippen molar-refractivity contribution >= 4 is 17.4 Å². The standard InChI is InChI=1S/C16H22ClNO/c1-2-3-9-18-10-5-7-14(12-18)16(19)13-6-4-8-15(17)11-13/h4,6,8,11,14H,2-3,5,7,9-10,12H2,1H3. The quantitative estimate of drug-likeness (QED) is 0.759. The highest BCUT2D eigenvalue weighted by Gasteiger charge is 2.26. The van der Waals surface area contributed by atoms with E-state index in [1.54, 1.807) is 6.07 Å². The first-order valence-corrected chi connectivity index (χ1v) is 7.60. The number of nitrogens with zero attached hydrogens (tertiary/aromatic N) is 1. The van der Waals surface area contributed by atoms with Crippen molar-refractivity contribution in [3.05, 3.63) is 34.9 Å². The Kier molecular flexibility index (Phi) is 5.41. The summed E-state index contributed by atoms with van der Waals surface area (Å²) in [4.78, 5) is 14.9. The number of likely N-dealkylation sites (tertiary alicyclic amines) is 1. The third-order valence-electron chi connectivity index (χ3n) is 3.81. The van der Waals surface area contributed by atoms with Crippen molar-refractivity contribution in [3.8, 4) is 0 Å². The van der Waals surface area contributed by atoms with Crippen LogP contribution < -0.4 is 0 Å². The molecule has 1 atom stereocenters. The van der Waals surface area contributed by atoms with Gasteiger partial charge in [0, 0.05) is 23.0 Å². The first-order chi connectivity index (χ1) is 9.20. The Bertz CT molecular complexity index is 433. The minimum Gasteiger partial charge on any atom is -0.303 e. The maximum atomic E-state index is 12.5. The summed E-state index contributed by atoms with van der Waals surface area (Å²) < 4.78 is 0. The van der Waals surface area contributed by atoms with E-state index in [0.29, 0.717) is 5.02 Å². The SMILES string of the molecule is CCCCN1CCCC(C(=O)c2cccc(Cl)c2)C1. The normalized spacial score (nSPS) is 20.4. The molecule has 1 aliphatic heterocycles. The Labute approximate surface area is 120 Å². The van der Waals surface area contributed by atoms with Crippen LogP contribution in [-0.4, -0.2) is 30.3 Å². The van der Waals surface area contributed by atoms with Crippen molar-refractivity contribution in [2.45, 2.75) is 32.6 Å². The van der Waals surface area contributed by atoms with Gasteiger partial charge in [-0.05, 0) is 44.5 Å². The summed E-state index contributed by atoms with van der Waals surface area (Å²) in [6.45, 7) is 5.37. The minimum absolute atomic E-state index is 0.143. The van der Waals surface area contributed by atoms with Gasteiger partial charge in [0.25, 0.3) is 0 Å². The molecule has 0 aliphatic carbocycles. The lowest BCUT2D eigenvalue weighted by Crippen LogP contribution is -2.39. The van der Waals surface area contributed by atoms with Crippen LogP contribution >= 0.6 is 11.6 Å². The molecule has 2 nitrogen and oxygen atoms in total. The monoisotopic (exact) mass is 279 g/mol. The number of hydrogen-bond acceptors (Lipinski definition) is 2. The zero-order chi connectivity index (χ0) is 13.7. The number of benzene rings is 1. The van der Waals surface area contributed by atoms with E-state index in [2.05, 4.69) is 11.8 Å². The second kappa shape index (κ2) is 7.06. The number of piperidine rings is 1. The molecule has 2 rings (SSSR count). The fourth-order valence-electron chi connectivity index (χ4n) is 2.73. The second-order valence-corrected chi connectivity index (χ2v) is 5.80. The first-order valence-electron chi connectivity index (χ1n) is 7.23. The lowest BCUT2D eigenvalue weighted by atomic mass is 9.90. The molecule has 1 aliphatic rings. The number of halogens is 1. The number of Topliss-reactive ketones (excluding diaryl/α,β-unsaturated/α-hetero) is 1. The molecule has 1 aromatic rings. The van der Waals surface area contributed by atoms with E-state index in [1.807, 2.05) is 18.2 Å². The summed E-state index contributed by atoms with van der Waals surface area (Å²) in [5.41, 5.74) is 0.759. The van der Waals surface area contributed by atoms with Gasteiger partial charge in [-0.25, -0.2) is 0 Å². The molecule has 1 fully saturated rings. The lowest BCUT2D eigenvalue weighted by molar-refractivity contribution is 0.0818. The fourth-order valence-corrected chi connectivity index (χ4v) is 2.92. The van der Waals surface area contributed by atoms with Gasteiger partial charge in [-0.15, -0.1) is 0 Å². The largest absolute Gasteiger partial charge is 0.303 e. The summed E-state index contributed by atoms with van der Waals surface area (Å²) >= 11 is 5.96. The van der Waals surface area contributed by atoms with Crippen LogP contribution in [-0.2, 0) is 0 Å². The smallest absolute Gasteiger partial charge is 0.167 e. The van der Waals surface area contributed by atoms with Gasteiger partial charge < -0.3 is 4.90 Å². The van der Waals surface area contributed by atoms with Crippen LogP contribution in [0.1, 0.15) is 43.0 Å². The molecule has 0 aromatic heterocycles. The van der Waals surface area contributed by atoms with Gasteiger partial charge in [0.15, 0.2) is 5.78 Å². The molecule has 0 bridgehead atoms. The summed E-state index contributed by atoms with van der Waals surface area (Å²) in [6, 6.07) is 7.33. The Morgan fingerprint density at radius 2 is 2.32 bits per heavy atom. The summed E-state index contributed by atoms with van der Waals surface area (Å²) in [7, 11) is 0. The van der Waals surface area contributed by atoms with E-state index >= 15 is 0 Å². The number of carbonyl (C=O) groups excluding carboxylic acids is 1. The van der Waals surface area contributed by atoms with Crippen molar-refractivity contribution in [3.63, 3.8) is 0 Å². The Morgan fingerprint density at radius 3 is 3.05 bits per heavy atom. The topological polar surface area (TPSA) is 20.3 Å². The highest BCUT2D eigenvalue weighted by Crippen LogP contribution is 2.22. The lowest BCUT2D eigenvalue weighted by Gasteiger charge is -2.31. The molecule has 0 spiro atoms. The molecular weight excluding hydrogens is 258 g/mol. The summed E-state index contributed by atoms with van der Waals surface area (Å²) in [5.74, 6) is 0.396. The van der Waals surface area contributed by atoms with Gasteiger partial charge in [-0.1, -0.05) is 37.1 Å². The molecule has 104 valence electrons. The van der Waals surface area contributed by atoms with Crippen molar-refractivity contribution in [2.75, 3.05) is 19.6 Å². The Balaban J connectivity index is 1.99. The molecule has 1 aromatic carbocycles. The third-order valence-corrected chi connectivity index (χ3v) is 4.05. The van der Waals surface area contributed by atoms with Crippen molar-refractivity contribution < 1.29 is 4.79 Å². The molecule has 1 heterocycles. The van der Waals surface area contributed by atoms with E-state index in [9.17, 15) is 4.79 Å². The van der Waals surface area contributed by atoms with E-state index < -0.39 is 0 Å². The number of ketones is 1. The van der Waals surface area contributed by atoms with Gasteiger partial charge in [-0.3, -0.25) is 4.79 Å². The van der Waals surface area contributed by atoms with Crippen LogP contribution in [0.5, 0.6) is 0 Å². The summed E-state index contributed by atoms with van der Waals surface area (Å²) in [6.07, 6.45) is 4.57. The molecule has 1 saturated heterocycles. The van der Waals surface area contributed by atoms with E-state index in [4.69, 9.17) is 11.6 Å². The number of unbranched alkanes of at least 4 members (excludes halogenated alkanes) is 1. The predicted octanol–water partition coefficient (Wildman–Crippen LogP) is 4.03. The van der Waals surface area contributed by atoms with Crippen molar-refractivity contribution in [1.82, 2.24) is 4.90 Å². The van der Waals surface area contributed by atoms with Gasteiger partial charge in [0.05, 0.1) is 0 Å². The average Bonchev–Trinajstić information content (AvgIpc) is 2.44. The van der Waals surface area contributed by atoms with Crippen molar-refractivity contribution in [1.29, 1.82) is 0 Å². The fraction of sp³-hybridized carbons (Fsp3) is 0.562. The van der Waals surface area contributed by atoms with E-state index in [-0.39, 0.29) is 11.7 Å². The molecule has 0 N–H and O–H groups in total. The molecule has 3 heteroatoms. The maximum Gasteiger partial charge on any atom is 0.167 e. The maximum absolute atomic E-state index is 12.5. The van der Waals surface area contributed by atoms with Gasteiger partial charge in [-0.2, -0.15) is 0 Å². The molecule has 0 radical (unpaired) electrons. The van der Waals surface area contributed by atoms with Crippen LogP contribution in [0.3, 0.4) is 0 Å². The number of hydrogen-bond donors (Lipinski definition) is 0. The predicted molar refractivity (Wildman–Crippen MR) is 79.9 cm³/mol. The van der Waals surface area contributed by atoms with Crippen LogP contribution in [0.15, 0.2) is 24.3 Å². The number of rotatable bonds is 5. The average molecular weight is 280 g/mol. The van der Waals surface area contributed by atoms with Crippen LogP contribution in [0.4, 0.5) is 0 Å². The van der Waals surface area contributed by atoms with Gasteiger partial charge in [0.2, 0.25) is 0 Å². The second-order valence-electron chi connectivity index (χ2n) is 5.37. The van der Waals surface area contributed by atoms with Crippen molar-refractivity contribution in [2.24, 2.45) is 5.92 Å². The first kappa shape index (κ1) is 14.5. The Morgan fingerprint density at radius 1 is 1.47 bits per heavy atom. The Hall–Kier alpha value is -0.860. The molecular formula is C16H22ClNO. The van der Waals surface area contributed by atoms with Crippen LogP contribution in [0.2, 0.25) is 5.02 Å². The van der Waals surface area contributed by atoms with Gasteiger partial charge in [0.1, 0.15) is 0 Å². The number of carbonyl (C=O) groups is 1. The highest BCUT2D eigenvalue weighted by molar-refractivity contribution is 6.31. The molecule has 0 amide bonds. The molecule has 0 saturated carbocycles. The third kappa shape index (κ3) is 4.05. The van der Waals surface area contributed by atoms with Gasteiger partial charge >= 0.3 is 0 Å².